The highest BCUT2D eigenvalue weighted by Crippen LogP contribution is 2.32. The van der Waals surface area contributed by atoms with Crippen molar-refractivity contribution in [2.24, 2.45) is 7.05 Å². The molecule has 35 heavy (non-hydrogen) atoms. The number of carbonyl (C=O) groups excluding carboxylic acids is 2. The summed E-state index contributed by atoms with van der Waals surface area (Å²) in [6.45, 7) is 4.48. The quantitative estimate of drug-likeness (QED) is 0.619. The summed E-state index contributed by atoms with van der Waals surface area (Å²) in [6.07, 6.45) is 0. The highest BCUT2D eigenvalue weighted by molar-refractivity contribution is 5.97. The van der Waals surface area contributed by atoms with Gasteiger partial charge in [0.05, 0.1) is 17.6 Å². The van der Waals surface area contributed by atoms with Gasteiger partial charge in [0.15, 0.2) is 11.5 Å². The Labute approximate surface area is 204 Å². The van der Waals surface area contributed by atoms with Crippen LogP contribution in [0.4, 0.5) is 10.5 Å². The lowest BCUT2D eigenvalue weighted by Crippen LogP contribution is -2.49. The Morgan fingerprint density at radius 2 is 1.74 bits per heavy atom. The number of urea groups is 1. The van der Waals surface area contributed by atoms with Gasteiger partial charge in [-0.1, -0.05) is 0 Å². The van der Waals surface area contributed by atoms with Crippen LogP contribution in [0, 0.1) is 0 Å². The standard InChI is InChI=1S/C25H30N6O4/c1-28(2)24(32)17-4-6-20-19(14-17)27-23(29(20)3)16-30-8-10-31(11-9-30)25(33)26-18-5-7-21-22(15-18)35-13-12-34-21/h4-7,14-15H,8-13,16H2,1-3H3,(H,26,33). The number of hydrogen-bond acceptors (Lipinski definition) is 6. The molecule has 3 aromatic rings. The number of imidazole rings is 1. The molecule has 0 aliphatic carbocycles. The fourth-order valence-electron chi connectivity index (χ4n) is 4.42. The van der Waals surface area contributed by atoms with Gasteiger partial charge >= 0.3 is 6.03 Å². The number of aryl methyl sites for hydroxylation is 1. The molecule has 0 radical (unpaired) electrons. The highest BCUT2D eigenvalue weighted by atomic mass is 16.6. The maximum atomic E-state index is 12.8. The van der Waals surface area contributed by atoms with E-state index >= 15 is 0 Å². The van der Waals surface area contributed by atoms with Gasteiger partial charge in [-0.05, 0) is 30.3 Å². The van der Waals surface area contributed by atoms with Gasteiger partial charge < -0.3 is 29.2 Å². The van der Waals surface area contributed by atoms with E-state index in [9.17, 15) is 9.59 Å². The number of amides is 3. The summed E-state index contributed by atoms with van der Waals surface area (Å²) < 4.78 is 13.2. The lowest BCUT2D eigenvalue weighted by molar-refractivity contribution is 0.0827. The van der Waals surface area contributed by atoms with Crippen molar-refractivity contribution in [1.82, 2.24) is 24.3 Å². The summed E-state index contributed by atoms with van der Waals surface area (Å²) in [5.74, 6) is 2.25. The van der Waals surface area contributed by atoms with E-state index in [1.807, 2.05) is 42.3 Å². The molecule has 184 valence electrons. The molecule has 2 aromatic carbocycles. The first kappa shape index (κ1) is 23.0. The summed E-state index contributed by atoms with van der Waals surface area (Å²) in [5, 5.41) is 2.96. The number of piperazine rings is 1. The molecule has 3 amide bonds. The average Bonchev–Trinajstić information content (AvgIpc) is 3.18. The van der Waals surface area contributed by atoms with E-state index in [0.717, 1.165) is 29.9 Å². The third-order valence-corrected chi connectivity index (χ3v) is 6.44. The van der Waals surface area contributed by atoms with Crippen LogP contribution in [-0.4, -0.2) is 89.7 Å². The van der Waals surface area contributed by atoms with Crippen molar-refractivity contribution < 1.29 is 19.1 Å². The Kier molecular flexibility index (Phi) is 6.21. The maximum Gasteiger partial charge on any atom is 0.321 e. The number of carbonyl (C=O) groups is 2. The molecule has 1 aromatic heterocycles. The Morgan fingerprint density at radius 3 is 2.49 bits per heavy atom. The molecule has 10 nitrogen and oxygen atoms in total. The van der Waals surface area contributed by atoms with Crippen molar-refractivity contribution in [2.75, 3.05) is 58.8 Å². The van der Waals surface area contributed by atoms with Crippen LogP contribution in [0.15, 0.2) is 36.4 Å². The molecule has 3 heterocycles. The van der Waals surface area contributed by atoms with Crippen molar-refractivity contribution >= 4 is 28.7 Å². The molecule has 10 heteroatoms. The van der Waals surface area contributed by atoms with Crippen molar-refractivity contribution in [1.29, 1.82) is 0 Å². The van der Waals surface area contributed by atoms with Crippen LogP contribution in [0.2, 0.25) is 0 Å². The Balaban J connectivity index is 1.19. The number of ether oxygens (including phenoxy) is 2. The van der Waals surface area contributed by atoms with Crippen LogP contribution in [0.3, 0.4) is 0 Å². The van der Waals surface area contributed by atoms with Gasteiger partial charge in [0, 0.05) is 64.6 Å². The van der Waals surface area contributed by atoms with Crippen LogP contribution < -0.4 is 14.8 Å². The van der Waals surface area contributed by atoms with Gasteiger partial charge in [-0.25, -0.2) is 9.78 Å². The van der Waals surface area contributed by atoms with Crippen molar-refractivity contribution in [3.05, 3.63) is 47.8 Å². The molecular weight excluding hydrogens is 448 g/mol. The molecule has 5 rings (SSSR count). The van der Waals surface area contributed by atoms with E-state index in [2.05, 4.69) is 14.8 Å². The summed E-state index contributed by atoms with van der Waals surface area (Å²) in [7, 11) is 5.48. The molecule has 0 bridgehead atoms. The predicted octanol–water partition coefficient (Wildman–Crippen LogP) is 2.40. The Morgan fingerprint density at radius 1 is 1.00 bits per heavy atom. The minimum Gasteiger partial charge on any atom is -0.486 e. The van der Waals surface area contributed by atoms with Gasteiger partial charge in [-0.15, -0.1) is 0 Å². The molecule has 2 aliphatic heterocycles. The van der Waals surface area contributed by atoms with Crippen LogP contribution in [0.25, 0.3) is 11.0 Å². The molecule has 1 fully saturated rings. The molecule has 0 atom stereocenters. The summed E-state index contributed by atoms with van der Waals surface area (Å²) >= 11 is 0. The first-order valence-corrected chi connectivity index (χ1v) is 11.7. The zero-order chi connectivity index (χ0) is 24.5. The second-order valence-electron chi connectivity index (χ2n) is 9.04. The maximum absolute atomic E-state index is 12.8. The highest BCUT2D eigenvalue weighted by Gasteiger charge is 2.23. The predicted molar refractivity (Wildman–Crippen MR) is 132 cm³/mol. The number of aromatic nitrogens is 2. The van der Waals surface area contributed by atoms with Gasteiger partial charge in [-0.2, -0.15) is 0 Å². The minimum absolute atomic E-state index is 0.0373. The number of benzene rings is 2. The molecule has 0 unspecified atom stereocenters. The fraction of sp³-hybridized carbons (Fsp3) is 0.400. The number of nitrogens with one attached hydrogen (secondary N) is 1. The van der Waals surface area contributed by atoms with Gasteiger partial charge in [0.1, 0.15) is 19.0 Å². The van der Waals surface area contributed by atoms with Crippen LogP contribution in [0.1, 0.15) is 16.2 Å². The smallest absolute Gasteiger partial charge is 0.321 e. The topological polar surface area (TPSA) is 92.2 Å². The fourth-order valence-corrected chi connectivity index (χ4v) is 4.42. The third kappa shape index (κ3) is 4.74. The lowest BCUT2D eigenvalue weighted by atomic mass is 10.2. The molecular formula is C25H30N6O4. The minimum atomic E-state index is -0.123. The number of anilines is 1. The van der Waals surface area contributed by atoms with Crippen molar-refractivity contribution in [3.63, 3.8) is 0 Å². The second-order valence-corrected chi connectivity index (χ2v) is 9.04. The average molecular weight is 479 g/mol. The van der Waals surface area contributed by atoms with Crippen LogP contribution in [0.5, 0.6) is 11.5 Å². The molecule has 0 saturated carbocycles. The van der Waals surface area contributed by atoms with E-state index < -0.39 is 0 Å². The molecule has 1 N–H and O–H groups in total. The van der Waals surface area contributed by atoms with Crippen LogP contribution in [-0.2, 0) is 13.6 Å². The van der Waals surface area contributed by atoms with Crippen LogP contribution >= 0.6 is 0 Å². The van der Waals surface area contributed by atoms with E-state index in [-0.39, 0.29) is 11.9 Å². The van der Waals surface area contributed by atoms with Crippen molar-refractivity contribution in [3.8, 4) is 11.5 Å². The lowest BCUT2D eigenvalue weighted by Gasteiger charge is -2.34. The Bertz CT molecular complexity index is 1260. The first-order valence-electron chi connectivity index (χ1n) is 11.7. The zero-order valence-corrected chi connectivity index (χ0v) is 20.3. The van der Waals surface area contributed by atoms with E-state index in [4.69, 9.17) is 14.5 Å². The van der Waals surface area contributed by atoms with E-state index in [0.29, 0.717) is 55.6 Å². The Hall–Kier alpha value is -3.79. The van der Waals surface area contributed by atoms with Gasteiger partial charge in [0.2, 0.25) is 0 Å². The van der Waals surface area contributed by atoms with E-state index in [1.54, 1.807) is 25.1 Å². The number of hydrogen-bond donors (Lipinski definition) is 1. The summed E-state index contributed by atoms with van der Waals surface area (Å²) in [6, 6.07) is 11.0. The monoisotopic (exact) mass is 478 g/mol. The summed E-state index contributed by atoms with van der Waals surface area (Å²) in [4.78, 5) is 35.5. The van der Waals surface area contributed by atoms with E-state index in [1.165, 1.54) is 0 Å². The number of fused-ring (bicyclic) bond motifs is 2. The third-order valence-electron chi connectivity index (χ3n) is 6.44. The van der Waals surface area contributed by atoms with Crippen molar-refractivity contribution in [2.45, 2.75) is 6.54 Å². The van der Waals surface area contributed by atoms with Gasteiger partial charge in [0.25, 0.3) is 5.91 Å². The molecule has 1 saturated heterocycles. The second kappa shape index (κ2) is 9.46. The largest absolute Gasteiger partial charge is 0.486 e. The molecule has 0 spiro atoms. The first-order chi connectivity index (χ1) is 16.9. The molecule has 2 aliphatic rings. The number of nitrogens with zero attached hydrogens (tertiary/aromatic N) is 5. The zero-order valence-electron chi connectivity index (χ0n) is 20.3. The SMILES string of the molecule is CN(C)C(=O)c1ccc2c(c1)nc(CN1CCN(C(=O)Nc3ccc4c(c3)OCCO4)CC1)n2C. The van der Waals surface area contributed by atoms with Gasteiger partial charge in [-0.3, -0.25) is 9.69 Å². The summed E-state index contributed by atoms with van der Waals surface area (Å²) in [5.41, 5.74) is 3.12. The number of rotatable bonds is 4. The normalized spacial score (nSPS) is 15.8.